The van der Waals surface area contributed by atoms with E-state index >= 15 is 0 Å². The Morgan fingerprint density at radius 3 is 2.47 bits per heavy atom. The summed E-state index contributed by atoms with van der Waals surface area (Å²) >= 11 is 0. The Hall–Kier alpha value is -2.14. The average molecular weight is 197 g/mol. The van der Waals surface area contributed by atoms with Crippen LogP contribution >= 0.6 is 0 Å². The molecule has 0 atom stereocenters. The van der Waals surface area contributed by atoms with E-state index in [1.807, 2.05) is 42.6 Å². The van der Waals surface area contributed by atoms with Gasteiger partial charge < -0.3 is 9.72 Å². The van der Waals surface area contributed by atoms with Crippen LogP contribution in [0.4, 0.5) is 0 Å². The largest absolute Gasteiger partial charge is 0.497 e. The van der Waals surface area contributed by atoms with Gasteiger partial charge in [0.25, 0.3) is 0 Å². The van der Waals surface area contributed by atoms with Gasteiger partial charge in [0.2, 0.25) is 0 Å². The molecule has 0 aliphatic heterocycles. The fraction of sp³-hybridized carbons (Fsp3) is 0.0769. The van der Waals surface area contributed by atoms with Gasteiger partial charge in [-0.25, -0.2) is 0 Å². The summed E-state index contributed by atoms with van der Waals surface area (Å²) in [6.45, 7) is 0. The Kier molecular flexibility index (Phi) is 2.75. The Labute approximate surface area is 88.9 Å². The minimum Gasteiger partial charge on any atom is -0.497 e. The number of hydrogen-bond acceptors (Lipinski definition) is 1. The zero-order chi connectivity index (χ0) is 10.5. The zero-order valence-corrected chi connectivity index (χ0v) is 8.45. The minimum absolute atomic E-state index is 0.848. The van der Waals surface area contributed by atoms with E-state index in [4.69, 9.17) is 4.74 Å². The first-order valence-electron chi connectivity index (χ1n) is 4.68. The van der Waals surface area contributed by atoms with Gasteiger partial charge in [-0.1, -0.05) is 5.92 Å². The topological polar surface area (TPSA) is 25.0 Å². The van der Waals surface area contributed by atoms with Crippen LogP contribution in [0.2, 0.25) is 0 Å². The predicted octanol–water partition coefficient (Wildman–Crippen LogP) is 2.42. The second-order valence-electron chi connectivity index (χ2n) is 3.06. The summed E-state index contributed by atoms with van der Waals surface area (Å²) in [4.78, 5) is 3.03. The van der Waals surface area contributed by atoms with Crippen molar-refractivity contribution in [1.29, 1.82) is 0 Å². The van der Waals surface area contributed by atoms with Crippen LogP contribution in [0.25, 0.3) is 0 Å². The summed E-state index contributed by atoms with van der Waals surface area (Å²) in [6, 6.07) is 11.6. The van der Waals surface area contributed by atoms with Crippen molar-refractivity contribution in [3.05, 3.63) is 53.9 Å². The molecule has 2 rings (SSSR count). The Morgan fingerprint density at radius 1 is 1.07 bits per heavy atom. The van der Waals surface area contributed by atoms with Gasteiger partial charge in [0.05, 0.1) is 12.8 Å². The zero-order valence-electron chi connectivity index (χ0n) is 8.45. The summed E-state index contributed by atoms with van der Waals surface area (Å²) in [5, 5.41) is 0. The van der Waals surface area contributed by atoms with Gasteiger partial charge in [-0.05, 0) is 42.3 Å². The third kappa shape index (κ3) is 2.41. The lowest BCUT2D eigenvalue weighted by atomic mass is 10.2. The van der Waals surface area contributed by atoms with Crippen LogP contribution in [0.15, 0.2) is 42.6 Å². The fourth-order valence-electron chi connectivity index (χ4n) is 1.22. The maximum absolute atomic E-state index is 5.07. The lowest BCUT2D eigenvalue weighted by Gasteiger charge is -1.97. The average Bonchev–Trinajstić information content (AvgIpc) is 2.80. The van der Waals surface area contributed by atoms with Crippen LogP contribution in [-0.4, -0.2) is 12.1 Å². The highest BCUT2D eigenvalue weighted by molar-refractivity contribution is 5.42. The molecule has 0 bridgehead atoms. The molecule has 0 saturated heterocycles. The molecule has 1 N–H and O–H groups in total. The lowest BCUT2D eigenvalue weighted by molar-refractivity contribution is 0.415. The van der Waals surface area contributed by atoms with E-state index in [1.165, 1.54) is 0 Å². The summed E-state index contributed by atoms with van der Waals surface area (Å²) in [6.07, 6.45) is 1.86. The lowest BCUT2D eigenvalue weighted by Crippen LogP contribution is -1.82. The highest BCUT2D eigenvalue weighted by Gasteiger charge is 1.90. The summed E-state index contributed by atoms with van der Waals surface area (Å²) in [7, 11) is 1.65. The third-order valence-corrected chi connectivity index (χ3v) is 2.03. The van der Waals surface area contributed by atoms with Gasteiger partial charge in [-0.3, -0.25) is 0 Å². The number of benzene rings is 1. The van der Waals surface area contributed by atoms with Gasteiger partial charge in [-0.15, -0.1) is 0 Å². The maximum Gasteiger partial charge on any atom is 0.118 e. The van der Waals surface area contributed by atoms with Gasteiger partial charge in [0, 0.05) is 11.8 Å². The molecule has 15 heavy (non-hydrogen) atoms. The number of methoxy groups -OCH3 is 1. The standard InChI is InChI=1S/C13H11NO/c1-15-13-8-5-11(6-9-13)4-7-12-3-2-10-14-12/h2-3,5-6,8-10,14H,1H3. The molecule has 2 nitrogen and oxygen atoms in total. The van der Waals surface area contributed by atoms with E-state index in [0.29, 0.717) is 0 Å². The number of aromatic amines is 1. The maximum atomic E-state index is 5.07. The van der Waals surface area contributed by atoms with Crippen LogP contribution in [0.3, 0.4) is 0 Å². The summed E-state index contributed by atoms with van der Waals surface area (Å²) in [5.41, 5.74) is 1.90. The van der Waals surface area contributed by atoms with Gasteiger partial charge in [0.15, 0.2) is 0 Å². The number of rotatable bonds is 1. The molecule has 0 fully saturated rings. The second kappa shape index (κ2) is 4.39. The van der Waals surface area contributed by atoms with E-state index in [1.54, 1.807) is 7.11 Å². The van der Waals surface area contributed by atoms with Crippen molar-refractivity contribution in [2.24, 2.45) is 0 Å². The molecule has 74 valence electrons. The van der Waals surface area contributed by atoms with Crippen molar-refractivity contribution in [3.8, 4) is 17.6 Å². The van der Waals surface area contributed by atoms with Crippen LogP contribution < -0.4 is 4.74 Å². The number of nitrogens with one attached hydrogen (secondary N) is 1. The molecule has 2 heteroatoms. The normalized spacial score (nSPS) is 9.13. The van der Waals surface area contributed by atoms with Gasteiger partial charge in [-0.2, -0.15) is 0 Å². The number of ether oxygens (including phenoxy) is 1. The Balaban J connectivity index is 2.17. The number of aromatic nitrogens is 1. The van der Waals surface area contributed by atoms with Gasteiger partial charge >= 0.3 is 0 Å². The van der Waals surface area contributed by atoms with Crippen LogP contribution in [0.5, 0.6) is 5.75 Å². The van der Waals surface area contributed by atoms with Gasteiger partial charge in [0.1, 0.15) is 5.75 Å². The fourth-order valence-corrected chi connectivity index (χ4v) is 1.22. The monoisotopic (exact) mass is 197 g/mol. The highest BCUT2D eigenvalue weighted by atomic mass is 16.5. The van der Waals surface area contributed by atoms with E-state index in [0.717, 1.165) is 17.0 Å². The Bertz CT molecular complexity index is 471. The summed E-state index contributed by atoms with van der Waals surface area (Å²) in [5.74, 6) is 6.94. The van der Waals surface area contributed by atoms with E-state index in [2.05, 4.69) is 16.8 Å². The van der Waals surface area contributed by atoms with Crippen LogP contribution in [-0.2, 0) is 0 Å². The molecular formula is C13H11NO. The smallest absolute Gasteiger partial charge is 0.118 e. The first-order chi connectivity index (χ1) is 7.38. The molecule has 0 radical (unpaired) electrons. The Morgan fingerprint density at radius 2 is 1.87 bits per heavy atom. The van der Waals surface area contributed by atoms with Crippen LogP contribution in [0, 0.1) is 11.8 Å². The quantitative estimate of drug-likeness (QED) is 0.698. The first kappa shape index (κ1) is 9.42. The minimum atomic E-state index is 0.848. The van der Waals surface area contributed by atoms with Crippen molar-refractivity contribution in [2.75, 3.05) is 7.11 Å². The number of H-pyrrole nitrogens is 1. The number of hydrogen-bond donors (Lipinski definition) is 1. The van der Waals surface area contributed by atoms with E-state index < -0.39 is 0 Å². The molecular weight excluding hydrogens is 186 g/mol. The van der Waals surface area contributed by atoms with Crippen molar-refractivity contribution < 1.29 is 4.74 Å². The molecule has 2 aromatic rings. The highest BCUT2D eigenvalue weighted by Crippen LogP contribution is 2.10. The third-order valence-electron chi connectivity index (χ3n) is 2.03. The van der Waals surface area contributed by atoms with Crippen molar-refractivity contribution in [3.63, 3.8) is 0 Å². The SMILES string of the molecule is COc1ccc(C#Cc2ccc[nH]2)cc1. The van der Waals surface area contributed by atoms with Crippen LogP contribution in [0.1, 0.15) is 11.3 Å². The second-order valence-corrected chi connectivity index (χ2v) is 3.06. The molecule has 0 amide bonds. The molecule has 0 spiro atoms. The molecule has 0 unspecified atom stereocenters. The van der Waals surface area contributed by atoms with Crippen molar-refractivity contribution >= 4 is 0 Å². The molecule has 0 aliphatic rings. The first-order valence-corrected chi connectivity index (χ1v) is 4.68. The molecule has 0 saturated carbocycles. The molecule has 0 aliphatic carbocycles. The summed E-state index contributed by atoms with van der Waals surface area (Å²) < 4.78 is 5.07. The molecule has 1 aromatic heterocycles. The molecule has 1 heterocycles. The van der Waals surface area contributed by atoms with E-state index in [-0.39, 0.29) is 0 Å². The van der Waals surface area contributed by atoms with E-state index in [9.17, 15) is 0 Å². The van der Waals surface area contributed by atoms with Crippen molar-refractivity contribution in [2.45, 2.75) is 0 Å². The molecule has 1 aromatic carbocycles. The predicted molar refractivity (Wildman–Crippen MR) is 59.8 cm³/mol. The van der Waals surface area contributed by atoms with Crippen molar-refractivity contribution in [1.82, 2.24) is 4.98 Å².